The predicted molar refractivity (Wildman–Crippen MR) is 45.4 cm³/mol. The van der Waals surface area contributed by atoms with Crippen molar-refractivity contribution in [2.45, 2.75) is 44.8 Å². The van der Waals surface area contributed by atoms with Gasteiger partial charge in [0.2, 0.25) is 0 Å². The van der Waals surface area contributed by atoms with Gasteiger partial charge in [-0.15, -0.1) is 0 Å². The van der Waals surface area contributed by atoms with Crippen LogP contribution in [-0.4, -0.2) is 11.7 Å². The summed E-state index contributed by atoms with van der Waals surface area (Å²) in [6.07, 6.45) is 4.00. The van der Waals surface area contributed by atoms with Gasteiger partial charge in [-0.1, -0.05) is 26.0 Å². The fraction of sp³-hybridized carbons (Fsp3) is 0.800. The molecule has 0 spiro atoms. The molecule has 2 fully saturated rings. The van der Waals surface area contributed by atoms with Gasteiger partial charge in [0.15, 0.2) is 0 Å². The van der Waals surface area contributed by atoms with Crippen LogP contribution in [0, 0.1) is 5.92 Å². The van der Waals surface area contributed by atoms with Crippen LogP contribution in [0.15, 0.2) is 12.2 Å². The molecule has 0 aromatic rings. The molecule has 1 heteroatoms. The largest absolute Gasteiger partial charge is 0.365 e. The van der Waals surface area contributed by atoms with Gasteiger partial charge in [0, 0.05) is 0 Å². The van der Waals surface area contributed by atoms with E-state index < -0.39 is 0 Å². The summed E-state index contributed by atoms with van der Waals surface area (Å²) in [5.74, 6) is 0.681. The van der Waals surface area contributed by atoms with Crippen LogP contribution in [0.2, 0.25) is 0 Å². The fourth-order valence-electron chi connectivity index (χ4n) is 2.20. The number of hydrogen-bond donors (Lipinski definition) is 0. The normalized spacial score (nSPS) is 42.5. The van der Waals surface area contributed by atoms with Gasteiger partial charge in [0.05, 0.1) is 11.7 Å². The van der Waals surface area contributed by atoms with E-state index in [2.05, 4.69) is 20.4 Å². The van der Waals surface area contributed by atoms with Crippen LogP contribution in [0.3, 0.4) is 0 Å². The summed E-state index contributed by atoms with van der Waals surface area (Å²) < 4.78 is 5.74. The van der Waals surface area contributed by atoms with Crippen molar-refractivity contribution in [3.05, 3.63) is 12.2 Å². The van der Waals surface area contributed by atoms with Crippen LogP contribution < -0.4 is 0 Å². The van der Waals surface area contributed by atoms with Gasteiger partial charge < -0.3 is 4.74 Å². The molecule has 11 heavy (non-hydrogen) atoms. The monoisotopic (exact) mass is 152 g/mol. The first-order valence-corrected chi connectivity index (χ1v) is 4.49. The van der Waals surface area contributed by atoms with Crippen molar-refractivity contribution in [3.63, 3.8) is 0 Å². The molecule has 0 N–H and O–H groups in total. The van der Waals surface area contributed by atoms with Gasteiger partial charge >= 0.3 is 0 Å². The minimum Gasteiger partial charge on any atom is -0.365 e. The lowest BCUT2D eigenvalue weighted by Crippen LogP contribution is -2.26. The number of ether oxygens (including phenoxy) is 1. The molecule has 1 aliphatic carbocycles. The van der Waals surface area contributed by atoms with Crippen molar-refractivity contribution >= 4 is 0 Å². The van der Waals surface area contributed by atoms with Crippen molar-refractivity contribution < 1.29 is 4.74 Å². The first-order valence-electron chi connectivity index (χ1n) is 4.49. The smallest absolute Gasteiger partial charge is 0.0977 e. The molecule has 0 aromatic heterocycles. The Hall–Kier alpha value is -0.300. The molecule has 1 nitrogen and oxygen atoms in total. The summed E-state index contributed by atoms with van der Waals surface area (Å²) in [5.41, 5.74) is 1.64. The standard InChI is InChI=1S/C10H16O/c1-7(2)10-5-4-8(3)6-9(10)11-10/h7,9H,3-6H2,1-2H3/t9-,10-/m0/s1. The second-order valence-corrected chi connectivity index (χ2v) is 4.17. The van der Waals surface area contributed by atoms with Crippen LogP contribution in [0.4, 0.5) is 0 Å². The third kappa shape index (κ3) is 0.943. The molecular weight excluding hydrogens is 136 g/mol. The molecule has 2 rings (SSSR count). The highest BCUT2D eigenvalue weighted by Gasteiger charge is 2.59. The second kappa shape index (κ2) is 2.10. The third-order valence-electron chi connectivity index (χ3n) is 3.17. The van der Waals surface area contributed by atoms with E-state index in [1.54, 1.807) is 0 Å². The van der Waals surface area contributed by atoms with E-state index in [-0.39, 0.29) is 5.60 Å². The van der Waals surface area contributed by atoms with E-state index in [1.165, 1.54) is 18.4 Å². The molecule has 62 valence electrons. The lowest BCUT2D eigenvalue weighted by molar-refractivity contribution is 0.227. The second-order valence-electron chi connectivity index (χ2n) is 4.17. The highest BCUT2D eigenvalue weighted by molar-refractivity contribution is 5.17. The molecule has 0 aromatic carbocycles. The van der Waals surface area contributed by atoms with Gasteiger partial charge in [-0.2, -0.15) is 0 Å². The quantitative estimate of drug-likeness (QED) is 0.415. The fourth-order valence-corrected chi connectivity index (χ4v) is 2.20. The van der Waals surface area contributed by atoms with Crippen LogP contribution in [0.25, 0.3) is 0 Å². The summed E-state index contributed by atoms with van der Waals surface area (Å²) in [6, 6.07) is 0. The Balaban J connectivity index is 2.07. The SMILES string of the molecule is C=C1CC[C@@]2(C(C)C)O[C@H]2C1. The van der Waals surface area contributed by atoms with Crippen LogP contribution >= 0.6 is 0 Å². The molecule has 0 radical (unpaired) electrons. The average molecular weight is 152 g/mol. The van der Waals surface area contributed by atoms with Crippen molar-refractivity contribution in [2.75, 3.05) is 0 Å². The van der Waals surface area contributed by atoms with Gasteiger partial charge in [0.25, 0.3) is 0 Å². The van der Waals surface area contributed by atoms with Crippen LogP contribution in [0.1, 0.15) is 33.1 Å². The Bertz CT molecular complexity index is 195. The molecule has 2 atom stereocenters. The number of rotatable bonds is 1. The lowest BCUT2D eigenvalue weighted by Gasteiger charge is -2.21. The summed E-state index contributed by atoms with van der Waals surface area (Å²) in [6.45, 7) is 8.52. The zero-order valence-corrected chi connectivity index (χ0v) is 7.39. The van der Waals surface area contributed by atoms with Crippen molar-refractivity contribution in [2.24, 2.45) is 5.92 Å². The topological polar surface area (TPSA) is 12.5 Å². The molecule has 0 bridgehead atoms. The Morgan fingerprint density at radius 3 is 2.91 bits per heavy atom. The lowest BCUT2D eigenvalue weighted by atomic mass is 9.80. The van der Waals surface area contributed by atoms with Crippen LogP contribution in [-0.2, 0) is 4.74 Å². The zero-order valence-electron chi connectivity index (χ0n) is 7.39. The average Bonchev–Trinajstić information content (AvgIpc) is 2.62. The van der Waals surface area contributed by atoms with Crippen molar-refractivity contribution in [1.29, 1.82) is 0 Å². The van der Waals surface area contributed by atoms with Crippen molar-refractivity contribution in [1.82, 2.24) is 0 Å². The first kappa shape index (κ1) is 7.35. The highest BCUT2D eigenvalue weighted by Crippen LogP contribution is 2.53. The van der Waals surface area contributed by atoms with E-state index in [0.29, 0.717) is 12.0 Å². The predicted octanol–water partition coefficient (Wildman–Crippen LogP) is 2.52. The maximum Gasteiger partial charge on any atom is 0.0977 e. The Morgan fingerprint density at radius 1 is 1.64 bits per heavy atom. The summed E-state index contributed by atoms with van der Waals surface area (Å²) >= 11 is 0. The molecule has 2 aliphatic rings. The molecule has 1 saturated heterocycles. The molecular formula is C10H16O. The molecule has 0 amide bonds. The molecule has 1 heterocycles. The van der Waals surface area contributed by atoms with E-state index >= 15 is 0 Å². The highest BCUT2D eigenvalue weighted by atomic mass is 16.6. The Labute approximate surface area is 68.4 Å². The molecule has 0 unspecified atom stereocenters. The Morgan fingerprint density at radius 2 is 2.36 bits per heavy atom. The van der Waals surface area contributed by atoms with Gasteiger partial charge in [-0.25, -0.2) is 0 Å². The molecule has 1 saturated carbocycles. The van der Waals surface area contributed by atoms with Gasteiger partial charge in [-0.3, -0.25) is 0 Å². The summed E-state index contributed by atoms with van der Waals surface area (Å²) in [5, 5.41) is 0. The van der Waals surface area contributed by atoms with Crippen LogP contribution in [0.5, 0.6) is 0 Å². The Kier molecular flexibility index (Phi) is 1.40. The zero-order chi connectivity index (χ0) is 8.06. The van der Waals surface area contributed by atoms with E-state index in [4.69, 9.17) is 4.74 Å². The van der Waals surface area contributed by atoms with Gasteiger partial charge in [-0.05, 0) is 25.2 Å². The first-order chi connectivity index (χ1) is 5.15. The maximum atomic E-state index is 5.74. The minimum absolute atomic E-state index is 0.265. The summed E-state index contributed by atoms with van der Waals surface area (Å²) in [4.78, 5) is 0. The van der Waals surface area contributed by atoms with Gasteiger partial charge in [0.1, 0.15) is 0 Å². The number of hydrogen-bond acceptors (Lipinski definition) is 1. The van der Waals surface area contributed by atoms with E-state index in [1.807, 2.05) is 0 Å². The maximum absolute atomic E-state index is 5.74. The number of epoxide rings is 1. The minimum atomic E-state index is 0.265. The molecule has 1 aliphatic heterocycles. The van der Waals surface area contributed by atoms with E-state index in [0.717, 1.165) is 6.42 Å². The number of fused-ring (bicyclic) bond motifs is 1. The van der Waals surface area contributed by atoms with E-state index in [9.17, 15) is 0 Å². The summed E-state index contributed by atoms with van der Waals surface area (Å²) in [7, 11) is 0. The third-order valence-corrected chi connectivity index (χ3v) is 3.17. The van der Waals surface area contributed by atoms with Crippen molar-refractivity contribution in [3.8, 4) is 0 Å².